The van der Waals surface area contributed by atoms with Gasteiger partial charge in [-0.3, -0.25) is 0 Å². The molecule has 0 radical (unpaired) electrons. The summed E-state index contributed by atoms with van der Waals surface area (Å²) in [6.07, 6.45) is 6.71. The van der Waals surface area contributed by atoms with Crippen molar-refractivity contribution in [3.8, 4) is 0 Å². The van der Waals surface area contributed by atoms with Crippen LogP contribution < -0.4 is 11.1 Å². The zero-order chi connectivity index (χ0) is 14.4. The molecule has 0 amide bonds. The molecule has 0 spiro atoms. The number of ether oxygens (including phenoxy) is 2. The lowest BCUT2D eigenvalue weighted by molar-refractivity contribution is -0.226. The van der Waals surface area contributed by atoms with Crippen LogP contribution >= 0.6 is 0 Å². The van der Waals surface area contributed by atoms with Gasteiger partial charge in [0.25, 0.3) is 0 Å². The van der Waals surface area contributed by atoms with E-state index in [0.29, 0.717) is 24.2 Å². The van der Waals surface area contributed by atoms with E-state index in [9.17, 15) is 0 Å². The third kappa shape index (κ3) is 2.04. The molecule has 0 bridgehead atoms. The van der Waals surface area contributed by atoms with Crippen LogP contribution in [0.25, 0.3) is 0 Å². The predicted molar refractivity (Wildman–Crippen MR) is 79.6 cm³/mol. The first-order valence-electron chi connectivity index (χ1n) is 8.17. The topological polar surface area (TPSA) is 56.5 Å². The minimum atomic E-state index is -0.140. The molecule has 3 rings (SSSR count). The van der Waals surface area contributed by atoms with E-state index >= 15 is 0 Å². The van der Waals surface area contributed by atoms with E-state index in [2.05, 4.69) is 19.2 Å². The van der Waals surface area contributed by atoms with E-state index in [4.69, 9.17) is 15.2 Å². The van der Waals surface area contributed by atoms with Crippen LogP contribution in [0.4, 0.5) is 0 Å². The van der Waals surface area contributed by atoms with Crippen LogP contribution in [-0.2, 0) is 9.47 Å². The molecule has 20 heavy (non-hydrogen) atoms. The second kappa shape index (κ2) is 5.24. The molecule has 3 fully saturated rings. The molecule has 3 aliphatic rings. The fraction of sp³-hybridized carbons (Fsp3) is 1.00. The Hall–Kier alpha value is -0.160. The molecule has 1 heterocycles. The van der Waals surface area contributed by atoms with Crippen molar-refractivity contribution < 1.29 is 9.47 Å². The highest BCUT2D eigenvalue weighted by Crippen LogP contribution is 2.57. The Balaban J connectivity index is 1.63. The summed E-state index contributed by atoms with van der Waals surface area (Å²) in [5.41, 5.74) is 6.74. The first kappa shape index (κ1) is 14.8. The smallest absolute Gasteiger partial charge is 0.0724 e. The maximum absolute atomic E-state index is 6.82. The summed E-state index contributed by atoms with van der Waals surface area (Å²) in [7, 11) is 1.82. The van der Waals surface area contributed by atoms with Crippen LogP contribution in [0.15, 0.2) is 0 Å². The van der Waals surface area contributed by atoms with Gasteiger partial charge in [-0.15, -0.1) is 0 Å². The summed E-state index contributed by atoms with van der Waals surface area (Å²) in [5.74, 6) is 0.515. The first-order valence-corrected chi connectivity index (χ1v) is 8.17. The van der Waals surface area contributed by atoms with E-state index in [-0.39, 0.29) is 11.0 Å². The molecule has 3 N–H and O–H groups in total. The fourth-order valence-corrected chi connectivity index (χ4v) is 4.77. The Kier molecular flexibility index (Phi) is 3.87. The Bertz CT molecular complexity index is 360. The third-order valence-electron chi connectivity index (χ3n) is 6.31. The lowest BCUT2D eigenvalue weighted by Crippen LogP contribution is -2.80. The molecule has 5 unspecified atom stereocenters. The summed E-state index contributed by atoms with van der Waals surface area (Å²) < 4.78 is 11.5. The summed E-state index contributed by atoms with van der Waals surface area (Å²) in [5, 5.41) is 3.71. The highest BCUT2D eigenvalue weighted by molar-refractivity contribution is 5.21. The van der Waals surface area contributed by atoms with Crippen LogP contribution in [0.5, 0.6) is 0 Å². The lowest BCUT2D eigenvalue weighted by atomic mass is 9.46. The lowest BCUT2D eigenvalue weighted by Gasteiger charge is -2.67. The molecule has 0 aromatic carbocycles. The predicted octanol–water partition coefficient (Wildman–Crippen LogP) is 1.68. The van der Waals surface area contributed by atoms with E-state index in [1.807, 2.05) is 7.11 Å². The highest BCUT2D eigenvalue weighted by Gasteiger charge is 2.66. The average molecular weight is 282 g/mol. The molecule has 0 aromatic heterocycles. The molecule has 2 aliphatic carbocycles. The van der Waals surface area contributed by atoms with Gasteiger partial charge in [0.2, 0.25) is 0 Å². The van der Waals surface area contributed by atoms with Gasteiger partial charge in [-0.25, -0.2) is 0 Å². The Morgan fingerprint density at radius 2 is 2.05 bits per heavy atom. The second-order valence-electron chi connectivity index (χ2n) is 7.49. The van der Waals surface area contributed by atoms with Crippen molar-refractivity contribution in [1.29, 1.82) is 0 Å². The molecular weight excluding hydrogens is 252 g/mol. The van der Waals surface area contributed by atoms with Gasteiger partial charge in [0.1, 0.15) is 0 Å². The number of nitrogens with one attached hydrogen (secondary N) is 1. The minimum Gasteiger partial charge on any atom is -0.380 e. The third-order valence-corrected chi connectivity index (χ3v) is 6.31. The molecule has 1 saturated heterocycles. The normalized spacial score (nSPS) is 46.8. The highest BCUT2D eigenvalue weighted by atomic mass is 16.5. The molecule has 5 atom stereocenters. The largest absolute Gasteiger partial charge is 0.380 e. The van der Waals surface area contributed by atoms with Gasteiger partial charge < -0.3 is 20.5 Å². The molecule has 4 heteroatoms. The molecule has 0 aromatic rings. The fourth-order valence-electron chi connectivity index (χ4n) is 4.77. The summed E-state index contributed by atoms with van der Waals surface area (Å²) in [6.45, 7) is 6.32. The number of hydrogen-bond acceptors (Lipinski definition) is 4. The maximum atomic E-state index is 6.82. The van der Waals surface area contributed by atoms with Crippen molar-refractivity contribution in [3.63, 3.8) is 0 Å². The van der Waals surface area contributed by atoms with Crippen LogP contribution in [0.3, 0.4) is 0 Å². The van der Waals surface area contributed by atoms with Crippen molar-refractivity contribution in [2.24, 2.45) is 17.1 Å². The van der Waals surface area contributed by atoms with E-state index in [1.165, 1.54) is 25.7 Å². The van der Waals surface area contributed by atoms with Crippen molar-refractivity contribution in [2.45, 2.75) is 69.7 Å². The first-order chi connectivity index (χ1) is 9.50. The van der Waals surface area contributed by atoms with E-state index < -0.39 is 0 Å². The molecule has 1 aliphatic heterocycles. The Morgan fingerprint density at radius 1 is 1.25 bits per heavy atom. The standard InChI is InChI=1S/C16H30N2O2/c1-15(2)14-11(6-5-9-20-14)16(15,17)10-18-12-7-4-8-13(12)19-3/h11-14,18H,4-10,17H2,1-3H3. The summed E-state index contributed by atoms with van der Waals surface area (Å²) in [6, 6.07) is 0.472. The van der Waals surface area contributed by atoms with Crippen LogP contribution in [0, 0.1) is 11.3 Å². The zero-order valence-electron chi connectivity index (χ0n) is 13.2. The number of rotatable bonds is 4. The average Bonchev–Trinajstić information content (AvgIpc) is 2.92. The van der Waals surface area contributed by atoms with Crippen molar-refractivity contribution in [1.82, 2.24) is 5.32 Å². The van der Waals surface area contributed by atoms with Crippen molar-refractivity contribution in [2.75, 3.05) is 20.3 Å². The Labute approximate surface area is 122 Å². The van der Waals surface area contributed by atoms with Crippen LogP contribution in [-0.4, -0.2) is 44.1 Å². The molecule has 4 nitrogen and oxygen atoms in total. The summed E-state index contributed by atoms with van der Waals surface area (Å²) >= 11 is 0. The number of fused-ring (bicyclic) bond motifs is 1. The number of methoxy groups -OCH3 is 1. The Morgan fingerprint density at radius 3 is 2.80 bits per heavy atom. The SMILES string of the molecule is COC1CCCC1NCC1(N)C2CCCOC2C1(C)C. The van der Waals surface area contributed by atoms with Gasteiger partial charge in [0.15, 0.2) is 0 Å². The molecular formula is C16H30N2O2. The van der Waals surface area contributed by atoms with Gasteiger partial charge >= 0.3 is 0 Å². The molecule has 2 saturated carbocycles. The van der Waals surface area contributed by atoms with Gasteiger partial charge in [0.05, 0.1) is 12.2 Å². The number of hydrogen-bond donors (Lipinski definition) is 2. The molecule has 116 valence electrons. The van der Waals surface area contributed by atoms with Crippen molar-refractivity contribution >= 4 is 0 Å². The van der Waals surface area contributed by atoms with Gasteiger partial charge in [-0.1, -0.05) is 13.8 Å². The zero-order valence-corrected chi connectivity index (χ0v) is 13.2. The van der Waals surface area contributed by atoms with Gasteiger partial charge in [-0.05, 0) is 32.1 Å². The monoisotopic (exact) mass is 282 g/mol. The van der Waals surface area contributed by atoms with E-state index in [1.54, 1.807) is 0 Å². The number of nitrogens with two attached hydrogens (primary N) is 1. The summed E-state index contributed by atoms with van der Waals surface area (Å²) in [4.78, 5) is 0. The minimum absolute atomic E-state index is 0.0618. The van der Waals surface area contributed by atoms with Crippen LogP contribution in [0.1, 0.15) is 46.0 Å². The van der Waals surface area contributed by atoms with Gasteiger partial charge in [-0.2, -0.15) is 0 Å². The van der Waals surface area contributed by atoms with E-state index in [0.717, 1.165) is 19.6 Å². The van der Waals surface area contributed by atoms with Crippen molar-refractivity contribution in [3.05, 3.63) is 0 Å². The van der Waals surface area contributed by atoms with Crippen LogP contribution in [0.2, 0.25) is 0 Å². The van der Waals surface area contributed by atoms with Gasteiger partial charge in [0, 0.05) is 43.2 Å². The maximum Gasteiger partial charge on any atom is 0.0724 e. The quantitative estimate of drug-likeness (QED) is 0.823. The second-order valence-corrected chi connectivity index (χ2v) is 7.49.